The Hall–Kier alpha value is -1.60. The summed E-state index contributed by atoms with van der Waals surface area (Å²) in [6.45, 7) is 2.04. The summed E-state index contributed by atoms with van der Waals surface area (Å²) in [6, 6.07) is 3.99. The van der Waals surface area contributed by atoms with Crippen molar-refractivity contribution in [3.63, 3.8) is 0 Å². The van der Waals surface area contributed by atoms with E-state index in [1.165, 1.54) is 4.88 Å². The topological polar surface area (TPSA) is 50.1 Å². The molecular formula is C13H13NO2S. The van der Waals surface area contributed by atoms with Crippen molar-refractivity contribution in [1.82, 2.24) is 0 Å². The van der Waals surface area contributed by atoms with Crippen molar-refractivity contribution >= 4 is 22.9 Å². The Morgan fingerprint density at radius 1 is 1.59 bits per heavy atom. The molecule has 0 spiro atoms. The Morgan fingerprint density at radius 2 is 2.41 bits per heavy atom. The van der Waals surface area contributed by atoms with E-state index in [2.05, 4.69) is 0 Å². The molecule has 17 heavy (non-hydrogen) atoms. The fraction of sp³-hybridized carbons (Fsp3) is 0.385. The van der Waals surface area contributed by atoms with Gasteiger partial charge in [0.1, 0.15) is 11.6 Å². The number of hydrogen-bond acceptors (Lipinski definition) is 4. The number of aryl methyl sites for hydroxylation is 1. The van der Waals surface area contributed by atoms with Gasteiger partial charge in [-0.15, -0.1) is 11.3 Å². The number of nitriles is 1. The Bertz CT molecular complexity index is 508. The largest absolute Gasteiger partial charge is 0.462 e. The molecule has 0 saturated heterocycles. The van der Waals surface area contributed by atoms with Crippen LogP contribution >= 0.6 is 11.3 Å². The molecule has 1 aliphatic rings. The minimum absolute atomic E-state index is 0.172. The zero-order valence-corrected chi connectivity index (χ0v) is 10.5. The average Bonchev–Trinajstić information content (AvgIpc) is 2.79. The molecule has 1 aromatic heterocycles. The van der Waals surface area contributed by atoms with Crippen LogP contribution in [0.2, 0.25) is 0 Å². The molecule has 3 nitrogen and oxygen atoms in total. The summed E-state index contributed by atoms with van der Waals surface area (Å²) in [5, 5.41) is 11.1. The van der Waals surface area contributed by atoms with E-state index in [0.717, 1.165) is 30.4 Å². The molecule has 0 aromatic carbocycles. The Balaban J connectivity index is 2.45. The first-order chi connectivity index (χ1) is 8.27. The molecule has 0 unspecified atom stereocenters. The first-order valence-corrected chi connectivity index (χ1v) is 6.53. The van der Waals surface area contributed by atoms with Crippen LogP contribution in [0.4, 0.5) is 0 Å². The lowest BCUT2D eigenvalue weighted by Gasteiger charge is -2.16. The smallest absolute Gasteiger partial charge is 0.349 e. The number of allylic oxidation sites excluding steroid dienone is 1. The van der Waals surface area contributed by atoms with Gasteiger partial charge in [0.15, 0.2) is 0 Å². The Kier molecular flexibility index (Phi) is 3.60. The summed E-state index contributed by atoms with van der Waals surface area (Å²) in [5.41, 5.74) is 2.09. The second-order valence-electron chi connectivity index (χ2n) is 3.80. The highest BCUT2D eigenvalue weighted by molar-refractivity contribution is 7.10. The van der Waals surface area contributed by atoms with Gasteiger partial charge in [0.2, 0.25) is 0 Å². The summed E-state index contributed by atoms with van der Waals surface area (Å²) < 4.78 is 4.92. The molecule has 1 aliphatic carbocycles. The second kappa shape index (κ2) is 5.15. The molecule has 0 saturated carbocycles. The molecule has 0 radical (unpaired) electrons. The predicted octanol–water partition coefficient (Wildman–Crippen LogP) is 2.92. The monoisotopic (exact) mass is 247 g/mol. The number of carbonyl (C=O) groups excluding carboxylic acids is 1. The van der Waals surface area contributed by atoms with Crippen LogP contribution in [-0.2, 0) is 16.0 Å². The number of hydrogen-bond donors (Lipinski definition) is 0. The van der Waals surface area contributed by atoms with Gasteiger partial charge in [-0.05, 0) is 48.8 Å². The molecule has 0 aliphatic heterocycles. The molecule has 4 heteroatoms. The van der Waals surface area contributed by atoms with Gasteiger partial charge < -0.3 is 4.74 Å². The van der Waals surface area contributed by atoms with Gasteiger partial charge >= 0.3 is 5.97 Å². The van der Waals surface area contributed by atoms with E-state index in [1.54, 1.807) is 18.3 Å². The van der Waals surface area contributed by atoms with E-state index in [1.807, 2.05) is 17.5 Å². The molecule has 0 amide bonds. The van der Waals surface area contributed by atoms with Gasteiger partial charge in [-0.3, -0.25) is 0 Å². The van der Waals surface area contributed by atoms with Crippen molar-refractivity contribution in [2.45, 2.75) is 26.2 Å². The molecule has 88 valence electrons. The number of ether oxygens (including phenoxy) is 1. The number of carbonyl (C=O) groups is 1. The van der Waals surface area contributed by atoms with Crippen molar-refractivity contribution in [2.75, 3.05) is 6.61 Å². The standard InChI is InChI=1S/C13H13NO2S/c1-2-16-13(15)11(8-14)9-4-3-5-12-10(9)6-7-17-12/h6-7H,2-5H2,1H3/b11-9+. The van der Waals surface area contributed by atoms with Crippen LogP contribution in [0.15, 0.2) is 17.0 Å². The number of fused-ring (bicyclic) bond motifs is 1. The molecule has 0 N–H and O–H groups in total. The maximum absolute atomic E-state index is 11.7. The number of nitrogens with zero attached hydrogens (tertiary/aromatic N) is 1. The van der Waals surface area contributed by atoms with Crippen LogP contribution < -0.4 is 0 Å². The third-order valence-corrected chi connectivity index (χ3v) is 3.78. The van der Waals surface area contributed by atoms with Gasteiger partial charge in [-0.25, -0.2) is 4.79 Å². The minimum atomic E-state index is -0.496. The molecular weight excluding hydrogens is 234 g/mol. The highest BCUT2D eigenvalue weighted by atomic mass is 32.1. The SMILES string of the molecule is CCOC(=O)/C(C#N)=C1\CCCc2sccc21. The zero-order valence-electron chi connectivity index (χ0n) is 9.66. The third-order valence-electron chi connectivity index (χ3n) is 2.79. The Labute approximate surface area is 104 Å². The maximum Gasteiger partial charge on any atom is 0.349 e. The van der Waals surface area contributed by atoms with E-state index in [0.29, 0.717) is 6.61 Å². The quantitative estimate of drug-likeness (QED) is 0.458. The van der Waals surface area contributed by atoms with Gasteiger partial charge in [0.25, 0.3) is 0 Å². The Morgan fingerprint density at radius 3 is 3.12 bits per heavy atom. The average molecular weight is 247 g/mol. The van der Waals surface area contributed by atoms with E-state index in [9.17, 15) is 4.79 Å². The van der Waals surface area contributed by atoms with E-state index >= 15 is 0 Å². The van der Waals surface area contributed by atoms with Crippen molar-refractivity contribution < 1.29 is 9.53 Å². The van der Waals surface area contributed by atoms with Crippen LogP contribution in [0.3, 0.4) is 0 Å². The fourth-order valence-corrected chi connectivity index (χ4v) is 3.01. The van der Waals surface area contributed by atoms with Crippen LogP contribution in [0.25, 0.3) is 5.57 Å². The van der Waals surface area contributed by atoms with E-state index in [4.69, 9.17) is 10.00 Å². The zero-order chi connectivity index (χ0) is 12.3. The summed E-state index contributed by atoms with van der Waals surface area (Å²) in [7, 11) is 0. The summed E-state index contributed by atoms with van der Waals surface area (Å²) >= 11 is 1.69. The van der Waals surface area contributed by atoms with Gasteiger partial charge in [-0.1, -0.05) is 0 Å². The molecule has 2 rings (SSSR count). The van der Waals surface area contributed by atoms with Crippen molar-refractivity contribution in [1.29, 1.82) is 5.26 Å². The molecule has 0 fully saturated rings. The lowest BCUT2D eigenvalue weighted by Crippen LogP contribution is -2.10. The normalized spacial score (nSPS) is 16.9. The van der Waals surface area contributed by atoms with Crippen molar-refractivity contribution in [3.05, 3.63) is 27.5 Å². The first-order valence-electron chi connectivity index (χ1n) is 5.65. The number of rotatable bonds is 2. The third kappa shape index (κ3) is 2.25. The van der Waals surface area contributed by atoms with E-state index in [-0.39, 0.29) is 5.57 Å². The number of thiophene rings is 1. The van der Waals surface area contributed by atoms with Gasteiger partial charge in [0, 0.05) is 4.88 Å². The van der Waals surface area contributed by atoms with Crippen LogP contribution in [0, 0.1) is 11.3 Å². The summed E-state index contributed by atoms with van der Waals surface area (Å²) in [5.74, 6) is -0.496. The minimum Gasteiger partial charge on any atom is -0.462 e. The highest BCUT2D eigenvalue weighted by Gasteiger charge is 2.23. The fourth-order valence-electron chi connectivity index (χ4n) is 2.06. The van der Waals surface area contributed by atoms with Gasteiger partial charge in [-0.2, -0.15) is 5.26 Å². The molecule has 0 atom stereocenters. The lowest BCUT2D eigenvalue weighted by atomic mass is 9.90. The first kappa shape index (κ1) is 11.9. The summed E-state index contributed by atoms with van der Waals surface area (Å²) in [4.78, 5) is 13.0. The van der Waals surface area contributed by atoms with Crippen LogP contribution in [0.5, 0.6) is 0 Å². The molecule has 1 aromatic rings. The van der Waals surface area contributed by atoms with Crippen LogP contribution in [-0.4, -0.2) is 12.6 Å². The highest BCUT2D eigenvalue weighted by Crippen LogP contribution is 2.36. The van der Waals surface area contributed by atoms with Crippen molar-refractivity contribution in [3.8, 4) is 6.07 Å². The van der Waals surface area contributed by atoms with Crippen molar-refractivity contribution in [2.24, 2.45) is 0 Å². The predicted molar refractivity (Wildman–Crippen MR) is 66.4 cm³/mol. The van der Waals surface area contributed by atoms with Crippen LogP contribution in [0.1, 0.15) is 30.2 Å². The maximum atomic E-state index is 11.7. The van der Waals surface area contributed by atoms with Gasteiger partial charge in [0.05, 0.1) is 6.61 Å². The number of esters is 1. The summed E-state index contributed by atoms with van der Waals surface area (Å²) in [6.07, 6.45) is 2.82. The second-order valence-corrected chi connectivity index (χ2v) is 4.80. The molecule has 0 bridgehead atoms. The molecule has 1 heterocycles. The lowest BCUT2D eigenvalue weighted by molar-refractivity contribution is -0.137. The van der Waals surface area contributed by atoms with E-state index < -0.39 is 5.97 Å².